The minimum atomic E-state index is -0.163. The van der Waals surface area contributed by atoms with Gasteiger partial charge in [0.1, 0.15) is 6.61 Å². The fraction of sp³-hybridized carbons (Fsp3) is 0.862. The normalized spacial score (nSPS) is 11.5. The molecule has 0 radical (unpaired) electrons. The highest BCUT2D eigenvalue weighted by Gasteiger charge is 2.15. The number of esters is 1. The van der Waals surface area contributed by atoms with E-state index in [1.165, 1.54) is 12.8 Å². The van der Waals surface area contributed by atoms with Crippen LogP contribution in [0.1, 0.15) is 111 Å². The summed E-state index contributed by atoms with van der Waals surface area (Å²) in [4.78, 5) is 26.2. The third-order valence-corrected chi connectivity index (χ3v) is 5.97. The van der Waals surface area contributed by atoms with Crippen molar-refractivity contribution in [1.29, 1.82) is 0 Å². The molecule has 0 bridgehead atoms. The Balaban J connectivity index is 3.57. The highest BCUT2D eigenvalue weighted by atomic mass is 16.6. The molecule has 0 heterocycles. The van der Waals surface area contributed by atoms with Crippen LogP contribution in [-0.4, -0.2) is 74.1 Å². The van der Waals surface area contributed by atoms with E-state index in [9.17, 15) is 9.59 Å². The van der Waals surface area contributed by atoms with Gasteiger partial charge in [-0.3, -0.25) is 9.59 Å². The number of amides is 1. The van der Waals surface area contributed by atoms with Crippen LogP contribution in [-0.2, 0) is 23.8 Å². The molecule has 0 aliphatic carbocycles. The molecule has 0 aromatic heterocycles. The predicted molar refractivity (Wildman–Crippen MR) is 146 cm³/mol. The van der Waals surface area contributed by atoms with Gasteiger partial charge in [-0.2, -0.15) is 0 Å². The zero-order valence-corrected chi connectivity index (χ0v) is 23.5. The molecule has 0 aromatic rings. The van der Waals surface area contributed by atoms with E-state index in [4.69, 9.17) is 19.3 Å². The first-order valence-electron chi connectivity index (χ1n) is 14.4. The van der Waals surface area contributed by atoms with Gasteiger partial charge < -0.3 is 24.2 Å². The van der Waals surface area contributed by atoms with Crippen LogP contribution in [0.4, 0.5) is 0 Å². The molecule has 7 heteroatoms. The lowest BCUT2D eigenvalue weighted by atomic mass is 10.1. The molecule has 0 rings (SSSR count). The summed E-state index contributed by atoms with van der Waals surface area (Å²) in [5.74, 6) is 0.153. The Morgan fingerprint density at radius 2 is 1.33 bits per heavy atom. The second-order valence-electron chi connectivity index (χ2n) is 9.58. The molecule has 0 unspecified atom stereocenters. The highest BCUT2D eigenvalue weighted by Crippen LogP contribution is 2.11. The number of nitrogens with zero attached hydrogens (tertiary/aromatic N) is 1. The molecular formula is C29H55NO6. The molecule has 7 nitrogen and oxygen atoms in total. The van der Waals surface area contributed by atoms with Crippen molar-refractivity contribution in [2.45, 2.75) is 117 Å². The summed E-state index contributed by atoms with van der Waals surface area (Å²) in [6, 6.07) is 0.281. The van der Waals surface area contributed by atoms with Crippen LogP contribution >= 0.6 is 0 Å². The van der Waals surface area contributed by atoms with E-state index >= 15 is 0 Å². The maximum Gasteiger partial charge on any atom is 0.305 e. The summed E-state index contributed by atoms with van der Waals surface area (Å²) in [6.07, 6.45) is 18.8. The number of carbonyl (C=O) groups is 2. The predicted octanol–water partition coefficient (Wildman–Crippen LogP) is 5.83. The molecule has 0 spiro atoms. The summed E-state index contributed by atoms with van der Waals surface area (Å²) in [5, 5.41) is 8.58. The topological polar surface area (TPSA) is 85.3 Å². The standard InChI is InChI=1S/C29H55NO6/c1-4-5-6-15-18-28(32)30(27(2)3)20-17-14-12-10-8-7-9-11-13-16-19-29(33)36-26-25-35-24-23-34-22-21-31/h8,10,27,31H,4-7,9,11-26H2,1-3H3/b10-8-. The molecule has 0 aliphatic rings. The molecule has 212 valence electrons. The summed E-state index contributed by atoms with van der Waals surface area (Å²) in [5.41, 5.74) is 0. The minimum absolute atomic E-state index is 0.0102. The van der Waals surface area contributed by atoms with Crippen molar-refractivity contribution in [2.24, 2.45) is 0 Å². The number of hydrogen-bond acceptors (Lipinski definition) is 6. The average molecular weight is 514 g/mol. The first-order chi connectivity index (χ1) is 17.5. The molecular weight excluding hydrogens is 458 g/mol. The van der Waals surface area contributed by atoms with Gasteiger partial charge in [-0.05, 0) is 58.8 Å². The van der Waals surface area contributed by atoms with E-state index in [-0.39, 0.29) is 25.2 Å². The van der Waals surface area contributed by atoms with Crippen LogP contribution in [0.25, 0.3) is 0 Å². The average Bonchev–Trinajstić information content (AvgIpc) is 2.86. The first kappa shape index (κ1) is 34.6. The summed E-state index contributed by atoms with van der Waals surface area (Å²) < 4.78 is 15.5. The van der Waals surface area contributed by atoms with E-state index in [0.29, 0.717) is 45.2 Å². The van der Waals surface area contributed by atoms with Crippen molar-refractivity contribution in [2.75, 3.05) is 46.2 Å². The van der Waals surface area contributed by atoms with Gasteiger partial charge >= 0.3 is 5.97 Å². The van der Waals surface area contributed by atoms with Crippen molar-refractivity contribution in [1.82, 2.24) is 4.90 Å². The van der Waals surface area contributed by atoms with Gasteiger partial charge in [-0.25, -0.2) is 0 Å². The van der Waals surface area contributed by atoms with Gasteiger partial charge in [0.2, 0.25) is 5.91 Å². The van der Waals surface area contributed by atoms with Crippen molar-refractivity contribution < 1.29 is 28.9 Å². The molecule has 0 atom stereocenters. The fourth-order valence-corrected chi connectivity index (χ4v) is 3.86. The number of carbonyl (C=O) groups excluding carboxylic acids is 2. The monoisotopic (exact) mass is 513 g/mol. The largest absolute Gasteiger partial charge is 0.463 e. The van der Waals surface area contributed by atoms with Crippen LogP contribution in [0.3, 0.4) is 0 Å². The lowest BCUT2D eigenvalue weighted by molar-refractivity contribution is -0.145. The lowest BCUT2D eigenvalue weighted by Gasteiger charge is -2.27. The number of aliphatic hydroxyl groups is 1. The second-order valence-corrected chi connectivity index (χ2v) is 9.58. The van der Waals surface area contributed by atoms with Gasteiger partial charge in [0.25, 0.3) is 0 Å². The lowest BCUT2D eigenvalue weighted by Crippen LogP contribution is -2.37. The summed E-state index contributed by atoms with van der Waals surface area (Å²) >= 11 is 0. The number of allylic oxidation sites excluding steroid dienone is 2. The summed E-state index contributed by atoms with van der Waals surface area (Å²) in [6.45, 7) is 9.13. The molecule has 0 aliphatic heterocycles. The number of ether oxygens (including phenoxy) is 3. The van der Waals surface area contributed by atoms with Crippen molar-refractivity contribution in [3.8, 4) is 0 Å². The maximum atomic E-state index is 12.5. The Morgan fingerprint density at radius 1 is 0.750 bits per heavy atom. The van der Waals surface area contributed by atoms with Crippen molar-refractivity contribution >= 4 is 11.9 Å². The fourth-order valence-electron chi connectivity index (χ4n) is 3.86. The zero-order valence-electron chi connectivity index (χ0n) is 23.5. The number of unbranched alkanes of at least 4 members (excludes halogenated alkanes) is 9. The van der Waals surface area contributed by atoms with Crippen LogP contribution < -0.4 is 0 Å². The smallest absolute Gasteiger partial charge is 0.305 e. The van der Waals surface area contributed by atoms with E-state index in [0.717, 1.165) is 70.8 Å². The van der Waals surface area contributed by atoms with E-state index in [1.54, 1.807) is 0 Å². The summed E-state index contributed by atoms with van der Waals surface area (Å²) in [7, 11) is 0. The third-order valence-electron chi connectivity index (χ3n) is 5.97. The third kappa shape index (κ3) is 23.0. The molecule has 0 saturated carbocycles. The van der Waals surface area contributed by atoms with Crippen LogP contribution in [0, 0.1) is 0 Å². The maximum absolute atomic E-state index is 12.5. The number of rotatable bonds is 26. The van der Waals surface area contributed by atoms with Crippen LogP contribution in [0.5, 0.6) is 0 Å². The molecule has 1 N–H and O–H groups in total. The molecule has 1 amide bonds. The Kier molecular flexibility index (Phi) is 25.6. The first-order valence-corrected chi connectivity index (χ1v) is 14.4. The Morgan fingerprint density at radius 3 is 2.00 bits per heavy atom. The van der Waals surface area contributed by atoms with Gasteiger partial charge in [0.05, 0.1) is 33.0 Å². The van der Waals surface area contributed by atoms with E-state index in [2.05, 4.69) is 37.8 Å². The SMILES string of the molecule is CCCCCCC(=O)N(CCCC/C=C\CCCCCCC(=O)OCCOCCOCCO)C(C)C. The Hall–Kier alpha value is -1.44. The van der Waals surface area contributed by atoms with Crippen molar-refractivity contribution in [3.63, 3.8) is 0 Å². The van der Waals surface area contributed by atoms with Gasteiger partial charge in [0, 0.05) is 25.4 Å². The number of hydrogen-bond donors (Lipinski definition) is 1. The number of aliphatic hydroxyl groups excluding tert-OH is 1. The van der Waals surface area contributed by atoms with Crippen molar-refractivity contribution in [3.05, 3.63) is 12.2 Å². The Labute approximate surface area is 220 Å². The van der Waals surface area contributed by atoms with Gasteiger partial charge in [-0.1, -0.05) is 51.2 Å². The van der Waals surface area contributed by atoms with Crippen LogP contribution in [0.2, 0.25) is 0 Å². The quantitative estimate of drug-likeness (QED) is 0.0890. The minimum Gasteiger partial charge on any atom is -0.463 e. The van der Waals surface area contributed by atoms with Gasteiger partial charge in [0.15, 0.2) is 0 Å². The van der Waals surface area contributed by atoms with Gasteiger partial charge in [-0.15, -0.1) is 0 Å². The molecule has 36 heavy (non-hydrogen) atoms. The van der Waals surface area contributed by atoms with E-state index in [1.807, 2.05) is 0 Å². The highest BCUT2D eigenvalue weighted by molar-refractivity contribution is 5.76. The Bertz CT molecular complexity index is 538. The second kappa shape index (κ2) is 26.6. The molecule has 0 aromatic carbocycles. The zero-order chi connectivity index (χ0) is 26.7. The van der Waals surface area contributed by atoms with E-state index < -0.39 is 0 Å². The molecule has 0 fully saturated rings. The molecule has 0 saturated heterocycles. The van der Waals surface area contributed by atoms with Crippen LogP contribution in [0.15, 0.2) is 12.2 Å².